The third kappa shape index (κ3) is 2.84. The van der Waals surface area contributed by atoms with Crippen LogP contribution in [0.25, 0.3) is 0 Å². The molecule has 0 unspecified atom stereocenters. The van der Waals surface area contributed by atoms with Crippen molar-refractivity contribution in [3.05, 3.63) is 12.7 Å². The number of hydrogen-bond donors (Lipinski definition) is 1. The molecular formula is C11H19NO2. The Morgan fingerprint density at radius 2 is 2.36 bits per heavy atom. The predicted octanol–water partition coefficient (Wildman–Crippen LogP) is 1.64. The summed E-state index contributed by atoms with van der Waals surface area (Å²) in [5, 5.41) is 2.80. The second kappa shape index (κ2) is 5.15. The Morgan fingerprint density at radius 3 is 2.79 bits per heavy atom. The number of rotatable bonds is 6. The summed E-state index contributed by atoms with van der Waals surface area (Å²) in [6, 6.07) is 0. The van der Waals surface area contributed by atoms with Crippen molar-refractivity contribution >= 4 is 5.97 Å². The van der Waals surface area contributed by atoms with Gasteiger partial charge in [-0.05, 0) is 39.2 Å². The molecule has 0 aromatic carbocycles. The molecule has 0 radical (unpaired) electrons. The fourth-order valence-electron chi connectivity index (χ4n) is 1.76. The topological polar surface area (TPSA) is 38.3 Å². The quantitative estimate of drug-likeness (QED) is 0.519. The van der Waals surface area contributed by atoms with Crippen molar-refractivity contribution in [2.75, 3.05) is 13.6 Å². The van der Waals surface area contributed by atoms with Crippen LogP contribution in [-0.2, 0) is 9.53 Å². The Morgan fingerprint density at radius 1 is 1.64 bits per heavy atom. The molecule has 3 nitrogen and oxygen atoms in total. The number of esters is 1. The Kier molecular flexibility index (Phi) is 4.14. The SMILES string of the molecule is C=CCCC1(OC(=O)CNC)CCC1. The Labute approximate surface area is 85.5 Å². The van der Waals surface area contributed by atoms with Crippen LogP contribution in [0.5, 0.6) is 0 Å². The highest BCUT2D eigenvalue weighted by molar-refractivity contribution is 5.72. The molecule has 0 aliphatic heterocycles. The van der Waals surface area contributed by atoms with Gasteiger partial charge in [-0.15, -0.1) is 6.58 Å². The predicted molar refractivity (Wildman–Crippen MR) is 56.0 cm³/mol. The van der Waals surface area contributed by atoms with E-state index in [1.54, 1.807) is 7.05 Å². The zero-order chi connectivity index (χ0) is 10.4. The Bertz CT molecular complexity index is 209. The molecule has 0 bridgehead atoms. The highest BCUT2D eigenvalue weighted by Crippen LogP contribution is 2.39. The van der Waals surface area contributed by atoms with E-state index >= 15 is 0 Å². The minimum atomic E-state index is -0.165. The molecule has 1 rings (SSSR count). The summed E-state index contributed by atoms with van der Waals surface area (Å²) in [5.41, 5.74) is -0.165. The fraction of sp³-hybridized carbons (Fsp3) is 0.727. The molecule has 0 aromatic heterocycles. The maximum absolute atomic E-state index is 11.3. The highest BCUT2D eigenvalue weighted by atomic mass is 16.6. The van der Waals surface area contributed by atoms with Crippen LogP contribution in [0.3, 0.4) is 0 Å². The van der Waals surface area contributed by atoms with Gasteiger partial charge in [-0.25, -0.2) is 0 Å². The van der Waals surface area contributed by atoms with Gasteiger partial charge in [0.2, 0.25) is 0 Å². The van der Waals surface area contributed by atoms with E-state index in [0.29, 0.717) is 6.54 Å². The van der Waals surface area contributed by atoms with Crippen molar-refractivity contribution in [3.63, 3.8) is 0 Å². The zero-order valence-corrected chi connectivity index (χ0v) is 8.84. The van der Waals surface area contributed by atoms with Crippen LogP contribution in [0, 0.1) is 0 Å². The first-order chi connectivity index (χ1) is 6.72. The van der Waals surface area contributed by atoms with Crippen molar-refractivity contribution in [1.29, 1.82) is 0 Å². The van der Waals surface area contributed by atoms with Gasteiger partial charge < -0.3 is 10.1 Å². The van der Waals surface area contributed by atoms with Gasteiger partial charge in [0, 0.05) is 0 Å². The Hall–Kier alpha value is -0.830. The maximum atomic E-state index is 11.3. The minimum Gasteiger partial charge on any atom is -0.458 e. The lowest BCUT2D eigenvalue weighted by molar-refractivity contribution is -0.169. The summed E-state index contributed by atoms with van der Waals surface area (Å²) in [6.45, 7) is 3.99. The molecule has 0 atom stereocenters. The van der Waals surface area contributed by atoms with Crippen molar-refractivity contribution in [1.82, 2.24) is 5.32 Å². The lowest BCUT2D eigenvalue weighted by Crippen LogP contribution is -2.43. The van der Waals surface area contributed by atoms with Gasteiger partial charge in [-0.1, -0.05) is 6.08 Å². The van der Waals surface area contributed by atoms with Gasteiger partial charge in [0.25, 0.3) is 0 Å². The van der Waals surface area contributed by atoms with Crippen molar-refractivity contribution < 1.29 is 9.53 Å². The van der Waals surface area contributed by atoms with Crippen LogP contribution < -0.4 is 5.32 Å². The first kappa shape index (κ1) is 11.2. The first-order valence-corrected chi connectivity index (χ1v) is 5.20. The van der Waals surface area contributed by atoms with Gasteiger partial charge in [-0.3, -0.25) is 4.79 Å². The van der Waals surface area contributed by atoms with E-state index < -0.39 is 0 Å². The molecule has 0 amide bonds. The van der Waals surface area contributed by atoms with Crippen LogP contribution in [0.1, 0.15) is 32.1 Å². The van der Waals surface area contributed by atoms with Crippen LogP contribution >= 0.6 is 0 Å². The standard InChI is InChI=1S/C11H19NO2/c1-3-4-6-11(7-5-8-11)14-10(13)9-12-2/h3,12H,1,4-9H2,2H3. The second-order valence-corrected chi connectivity index (χ2v) is 3.87. The molecule has 1 fully saturated rings. The second-order valence-electron chi connectivity index (χ2n) is 3.87. The molecule has 14 heavy (non-hydrogen) atoms. The fourth-order valence-corrected chi connectivity index (χ4v) is 1.76. The zero-order valence-electron chi connectivity index (χ0n) is 8.84. The summed E-state index contributed by atoms with van der Waals surface area (Å²) in [6.07, 6.45) is 6.92. The molecule has 0 saturated heterocycles. The van der Waals surface area contributed by atoms with Gasteiger partial charge in [0.05, 0.1) is 6.54 Å². The molecule has 1 saturated carbocycles. The van der Waals surface area contributed by atoms with E-state index in [2.05, 4.69) is 11.9 Å². The summed E-state index contributed by atoms with van der Waals surface area (Å²) >= 11 is 0. The van der Waals surface area contributed by atoms with E-state index in [-0.39, 0.29) is 11.6 Å². The summed E-state index contributed by atoms with van der Waals surface area (Å²) in [5.74, 6) is -0.142. The largest absolute Gasteiger partial charge is 0.458 e. The number of carbonyl (C=O) groups excluding carboxylic acids is 1. The third-order valence-electron chi connectivity index (χ3n) is 2.72. The molecule has 0 spiro atoms. The lowest BCUT2D eigenvalue weighted by atomic mass is 9.77. The minimum absolute atomic E-state index is 0.142. The van der Waals surface area contributed by atoms with E-state index in [0.717, 1.165) is 25.7 Å². The van der Waals surface area contributed by atoms with Crippen LogP contribution in [0.2, 0.25) is 0 Å². The van der Waals surface area contributed by atoms with E-state index in [4.69, 9.17) is 4.74 Å². The number of likely N-dealkylation sites (N-methyl/N-ethyl adjacent to an activating group) is 1. The van der Waals surface area contributed by atoms with E-state index in [1.165, 1.54) is 6.42 Å². The van der Waals surface area contributed by atoms with Crippen molar-refractivity contribution in [2.24, 2.45) is 0 Å². The summed E-state index contributed by atoms with van der Waals surface area (Å²) < 4.78 is 5.47. The smallest absolute Gasteiger partial charge is 0.320 e. The first-order valence-electron chi connectivity index (χ1n) is 5.20. The molecule has 0 aromatic rings. The molecule has 3 heteroatoms. The third-order valence-corrected chi connectivity index (χ3v) is 2.72. The lowest BCUT2D eigenvalue weighted by Gasteiger charge is -2.41. The number of allylic oxidation sites excluding steroid dienone is 1. The summed E-state index contributed by atoms with van der Waals surface area (Å²) in [7, 11) is 1.75. The number of hydrogen-bond acceptors (Lipinski definition) is 3. The number of carbonyl (C=O) groups is 1. The van der Waals surface area contributed by atoms with Crippen LogP contribution in [0.15, 0.2) is 12.7 Å². The summed E-state index contributed by atoms with van der Waals surface area (Å²) in [4.78, 5) is 11.3. The average Bonchev–Trinajstić information content (AvgIpc) is 2.10. The van der Waals surface area contributed by atoms with Gasteiger partial charge in [0.1, 0.15) is 5.60 Å². The molecular weight excluding hydrogens is 178 g/mol. The van der Waals surface area contributed by atoms with Crippen molar-refractivity contribution in [2.45, 2.75) is 37.7 Å². The van der Waals surface area contributed by atoms with E-state index in [1.807, 2.05) is 6.08 Å². The average molecular weight is 197 g/mol. The highest BCUT2D eigenvalue weighted by Gasteiger charge is 2.39. The molecule has 80 valence electrons. The molecule has 1 aliphatic carbocycles. The number of nitrogens with one attached hydrogen (secondary N) is 1. The number of ether oxygens (including phenoxy) is 1. The van der Waals surface area contributed by atoms with Crippen molar-refractivity contribution in [3.8, 4) is 0 Å². The monoisotopic (exact) mass is 197 g/mol. The maximum Gasteiger partial charge on any atom is 0.320 e. The van der Waals surface area contributed by atoms with Crippen LogP contribution in [-0.4, -0.2) is 25.2 Å². The van der Waals surface area contributed by atoms with Gasteiger partial charge in [-0.2, -0.15) is 0 Å². The molecule has 1 aliphatic rings. The Balaban J connectivity index is 2.36. The van der Waals surface area contributed by atoms with Gasteiger partial charge >= 0.3 is 5.97 Å². The van der Waals surface area contributed by atoms with Crippen LogP contribution in [0.4, 0.5) is 0 Å². The molecule has 1 N–H and O–H groups in total. The molecule has 0 heterocycles. The van der Waals surface area contributed by atoms with E-state index in [9.17, 15) is 4.79 Å². The van der Waals surface area contributed by atoms with Gasteiger partial charge in [0.15, 0.2) is 0 Å². The normalized spacial score (nSPS) is 18.4.